The lowest BCUT2D eigenvalue weighted by Gasteiger charge is -2.56. The topological polar surface area (TPSA) is 131 Å². The largest absolute Gasteiger partial charge is 0.377 e. The Morgan fingerprint density at radius 2 is 1.85 bits per heavy atom. The Bertz CT molecular complexity index is 1390. The third-order valence-electron chi connectivity index (χ3n) is 9.48. The van der Waals surface area contributed by atoms with Crippen molar-refractivity contribution in [1.29, 1.82) is 5.41 Å². The molecule has 10 nitrogen and oxygen atoms in total. The summed E-state index contributed by atoms with van der Waals surface area (Å²) in [5, 5.41) is 25.0. The molecule has 0 spiro atoms. The number of H-pyrrole nitrogens is 1. The van der Waals surface area contributed by atoms with Gasteiger partial charge in [0.2, 0.25) is 0 Å². The Labute approximate surface area is 240 Å². The van der Waals surface area contributed by atoms with Gasteiger partial charge >= 0.3 is 6.03 Å². The number of aromatic nitrogens is 3. The molecule has 2 amide bonds. The van der Waals surface area contributed by atoms with E-state index in [9.17, 15) is 4.79 Å². The van der Waals surface area contributed by atoms with Crippen LogP contribution in [0.2, 0.25) is 0 Å². The number of amides is 2. The van der Waals surface area contributed by atoms with Crippen molar-refractivity contribution >= 4 is 35.4 Å². The molecular formula is C31H38N8O2. The van der Waals surface area contributed by atoms with Crippen molar-refractivity contribution in [2.75, 3.05) is 35.3 Å². The number of aromatic amines is 1. The highest BCUT2D eigenvalue weighted by atomic mass is 16.5. The molecule has 4 aliphatic carbocycles. The number of anilines is 4. The maximum Gasteiger partial charge on any atom is 0.319 e. The standard InChI is InChI=1S/C31H38N8O2/c1-19-18-41-9-8-39(19)28-13-25(26(17-32)29(36-28)35-27-6-7-33-38-27)23-2-4-24(5-3-23)34-30(40)37-31-14-20-10-21(15-31)12-22(11-20)16-31/h2-7,13,17,19-22,32H,8-12,14-16,18H2,1H3,(H2,34,37,40)(H2,33,35,36,38)/t19-,20?,21?,22?,31?/m1/s1. The average Bonchev–Trinajstić information content (AvgIpc) is 3.45. The quantitative estimate of drug-likeness (QED) is 0.244. The molecule has 41 heavy (non-hydrogen) atoms. The molecule has 0 unspecified atom stereocenters. The van der Waals surface area contributed by atoms with Gasteiger partial charge in [-0.25, -0.2) is 9.78 Å². The summed E-state index contributed by atoms with van der Waals surface area (Å²) in [6, 6.07) is 11.8. The second kappa shape index (κ2) is 10.5. The van der Waals surface area contributed by atoms with Crippen LogP contribution in [-0.2, 0) is 4.74 Å². The van der Waals surface area contributed by atoms with Crippen LogP contribution in [0.15, 0.2) is 42.6 Å². The average molecular weight is 555 g/mol. The summed E-state index contributed by atoms with van der Waals surface area (Å²) >= 11 is 0. The van der Waals surface area contributed by atoms with Crippen molar-refractivity contribution in [2.24, 2.45) is 17.8 Å². The van der Waals surface area contributed by atoms with E-state index in [0.717, 1.165) is 66.2 Å². The molecular weight excluding hydrogens is 516 g/mol. The van der Waals surface area contributed by atoms with Crippen molar-refractivity contribution in [1.82, 2.24) is 20.5 Å². The highest BCUT2D eigenvalue weighted by Crippen LogP contribution is 2.55. The number of nitrogens with one attached hydrogen (secondary N) is 5. The van der Waals surface area contributed by atoms with Crippen LogP contribution in [0, 0.1) is 23.2 Å². The molecule has 8 rings (SSSR count). The van der Waals surface area contributed by atoms with Crippen LogP contribution >= 0.6 is 0 Å². The number of ether oxygens (including phenoxy) is 1. The van der Waals surface area contributed by atoms with E-state index >= 15 is 0 Å². The second-order valence-corrected chi connectivity index (χ2v) is 12.5. The number of urea groups is 1. The van der Waals surface area contributed by atoms with Crippen LogP contribution in [0.25, 0.3) is 11.1 Å². The van der Waals surface area contributed by atoms with E-state index < -0.39 is 0 Å². The van der Waals surface area contributed by atoms with Gasteiger partial charge in [0.25, 0.3) is 0 Å². The molecule has 0 radical (unpaired) electrons. The van der Waals surface area contributed by atoms with Gasteiger partial charge in [0.15, 0.2) is 0 Å². The fraction of sp³-hybridized carbons (Fsp3) is 0.484. The minimum atomic E-state index is -0.113. The molecule has 5 N–H and O–H groups in total. The van der Waals surface area contributed by atoms with Gasteiger partial charge in [-0.05, 0) is 92.5 Å². The van der Waals surface area contributed by atoms with Crippen molar-refractivity contribution in [3.63, 3.8) is 0 Å². The van der Waals surface area contributed by atoms with Crippen molar-refractivity contribution < 1.29 is 9.53 Å². The molecule has 4 saturated carbocycles. The van der Waals surface area contributed by atoms with E-state index in [0.29, 0.717) is 30.4 Å². The zero-order valence-electron chi connectivity index (χ0n) is 23.5. The zero-order valence-corrected chi connectivity index (χ0v) is 23.5. The van der Waals surface area contributed by atoms with E-state index in [1.54, 1.807) is 6.20 Å². The number of benzene rings is 1. The van der Waals surface area contributed by atoms with E-state index in [1.165, 1.54) is 25.5 Å². The number of morpholine rings is 1. The number of hydrogen-bond acceptors (Lipinski definition) is 7. The summed E-state index contributed by atoms with van der Waals surface area (Å²) in [5.41, 5.74) is 3.21. The lowest BCUT2D eigenvalue weighted by molar-refractivity contribution is -0.0127. The van der Waals surface area contributed by atoms with Gasteiger partial charge in [0.05, 0.1) is 25.5 Å². The maximum absolute atomic E-state index is 13.1. The van der Waals surface area contributed by atoms with Gasteiger partial charge in [-0.1, -0.05) is 12.1 Å². The van der Waals surface area contributed by atoms with Gasteiger partial charge in [0.1, 0.15) is 17.5 Å². The van der Waals surface area contributed by atoms with Crippen LogP contribution in [0.4, 0.5) is 27.9 Å². The Morgan fingerprint density at radius 3 is 2.49 bits per heavy atom. The number of hydrogen-bond donors (Lipinski definition) is 5. The summed E-state index contributed by atoms with van der Waals surface area (Å²) in [6.45, 7) is 4.14. The Hall–Kier alpha value is -3.92. The SMILES string of the molecule is C[C@@H]1COCCN1c1cc(-c2ccc(NC(=O)NC34CC5CC(CC(C5)C3)C4)cc2)c(C=N)c(Nc2ccn[nH]2)n1. The summed E-state index contributed by atoms with van der Waals surface area (Å²) in [4.78, 5) is 20.3. The monoisotopic (exact) mass is 554 g/mol. The van der Waals surface area contributed by atoms with Crippen molar-refractivity contribution in [2.45, 2.75) is 57.0 Å². The first-order valence-electron chi connectivity index (χ1n) is 14.8. The minimum absolute atomic E-state index is 0.0280. The molecule has 5 fully saturated rings. The fourth-order valence-electron chi connectivity index (χ4n) is 8.09. The van der Waals surface area contributed by atoms with E-state index in [1.807, 2.05) is 36.4 Å². The summed E-state index contributed by atoms with van der Waals surface area (Å²) in [7, 11) is 0. The molecule has 1 aliphatic heterocycles. The fourth-order valence-corrected chi connectivity index (χ4v) is 8.09. The molecule has 1 atom stereocenters. The van der Waals surface area contributed by atoms with Crippen molar-refractivity contribution in [3.05, 3.63) is 48.2 Å². The van der Waals surface area contributed by atoms with Gasteiger partial charge in [-0.3, -0.25) is 5.10 Å². The number of carbonyl (C=O) groups excluding carboxylic acids is 1. The smallest absolute Gasteiger partial charge is 0.319 e. The predicted octanol–water partition coefficient (Wildman–Crippen LogP) is 5.53. The molecule has 2 aromatic heterocycles. The normalized spacial score (nSPS) is 28.4. The first-order chi connectivity index (χ1) is 20.0. The van der Waals surface area contributed by atoms with Crippen LogP contribution in [-0.4, -0.2) is 58.8 Å². The highest BCUT2D eigenvalue weighted by molar-refractivity contribution is 5.97. The third-order valence-corrected chi connectivity index (χ3v) is 9.48. The second-order valence-electron chi connectivity index (χ2n) is 12.5. The number of carbonyl (C=O) groups is 1. The zero-order chi connectivity index (χ0) is 28.0. The molecule has 3 aromatic rings. The van der Waals surface area contributed by atoms with Crippen LogP contribution in [0.3, 0.4) is 0 Å². The summed E-state index contributed by atoms with van der Waals surface area (Å²) in [6.07, 6.45) is 10.4. The number of nitrogens with zero attached hydrogens (tertiary/aromatic N) is 3. The van der Waals surface area contributed by atoms with Gasteiger partial charge < -0.3 is 31.0 Å². The van der Waals surface area contributed by atoms with E-state index in [4.69, 9.17) is 15.1 Å². The molecule has 4 bridgehead atoms. The summed E-state index contributed by atoms with van der Waals surface area (Å²) in [5.74, 6) is 4.43. The first-order valence-corrected chi connectivity index (χ1v) is 14.8. The molecule has 1 saturated heterocycles. The molecule has 5 aliphatic rings. The maximum atomic E-state index is 13.1. The van der Waals surface area contributed by atoms with Crippen molar-refractivity contribution in [3.8, 4) is 11.1 Å². The lowest BCUT2D eigenvalue weighted by Crippen LogP contribution is -2.60. The van der Waals surface area contributed by atoms with Crippen LogP contribution in [0.5, 0.6) is 0 Å². The minimum Gasteiger partial charge on any atom is -0.377 e. The van der Waals surface area contributed by atoms with Crippen LogP contribution in [0.1, 0.15) is 51.0 Å². The number of rotatable bonds is 7. The Balaban J connectivity index is 1.13. The third kappa shape index (κ3) is 5.16. The van der Waals surface area contributed by atoms with E-state index in [-0.39, 0.29) is 17.6 Å². The van der Waals surface area contributed by atoms with E-state index in [2.05, 4.69) is 38.0 Å². The predicted molar refractivity (Wildman–Crippen MR) is 160 cm³/mol. The first kappa shape index (κ1) is 26.0. The lowest BCUT2D eigenvalue weighted by atomic mass is 9.53. The highest BCUT2D eigenvalue weighted by Gasteiger charge is 2.51. The molecule has 3 heterocycles. The molecule has 214 valence electrons. The molecule has 10 heteroatoms. The molecule has 1 aromatic carbocycles. The van der Waals surface area contributed by atoms with Crippen LogP contribution < -0.4 is 20.9 Å². The Kier molecular flexibility index (Phi) is 6.65. The van der Waals surface area contributed by atoms with Gasteiger partial charge in [-0.2, -0.15) is 5.10 Å². The van der Waals surface area contributed by atoms with Gasteiger partial charge in [-0.15, -0.1) is 0 Å². The summed E-state index contributed by atoms with van der Waals surface area (Å²) < 4.78 is 5.66. The number of pyridine rings is 1. The van der Waals surface area contributed by atoms with Gasteiger partial charge in [0, 0.05) is 35.6 Å². The Morgan fingerprint density at radius 1 is 1.12 bits per heavy atom.